The zero-order valence-electron chi connectivity index (χ0n) is 14.8. The van der Waals surface area contributed by atoms with E-state index in [4.69, 9.17) is 9.47 Å². The van der Waals surface area contributed by atoms with Crippen LogP contribution in [0.4, 0.5) is 10.1 Å². The van der Waals surface area contributed by atoms with Crippen LogP contribution in [0, 0.1) is 5.82 Å². The van der Waals surface area contributed by atoms with Crippen LogP contribution in [0.2, 0.25) is 0 Å². The molecule has 30 heavy (non-hydrogen) atoms. The average Bonchev–Trinajstić information content (AvgIpc) is 3.14. The van der Waals surface area contributed by atoms with Crippen molar-refractivity contribution in [1.29, 1.82) is 0 Å². The molecule has 0 spiro atoms. The van der Waals surface area contributed by atoms with Gasteiger partial charge in [-0.05, 0) is 57.3 Å². The summed E-state index contributed by atoms with van der Waals surface area (Å²) in [4.78, 5) is 19.8. The Balaban J connectivity index is 1.56. The normalized spacial score (nSPS) is 18.0. The molecule has 1 aliphatic carbocycles. The molecule has 0 saturated heterocycles. The molecule has 15 heteroatoms. The van der Waals surface area contributed by atoms with E-state index in [1.165, 1.54) is 34.9 Å². The first-order valence-corrected chi connectivity index (χ1v) is 11.1. The molecule has 0 radical (unpaired) electrons. The largest absolute Gasteiger partial charge is 0.759 e. The van der Waals surface area contributed by atoms with Gasteiger partial charge in [0.05, 0.1) is 10.2 Å². The summed E-state index contributed by atoms with van der Waals surface area (Å²) in [5.74, 6) is 1.46. The molecule has 1 aliphatic heterocycles. The second-order valence-corrected chi connectivity index (χ2v) is 8.79. The van der Waals surface area contributed by atoms with Crippen LogP contribution >= 0.6 is 27.7 Å². The fraction of sp³-hybridized carbons (Fsp3) is 0.267. The van der Waals surface area contributed by atoms with Crippen molar-refractivity contribution < 1.29 is 27.4 Å². The lowest BCUT2D eigenvalue weighted by molar-refractivity contribution is 0.248. The molecule has 0 amide bonds. The first kappa shape index (κ1) is 21.1. The van der Waals surface area contributed by atoms with Crippen LogP contribution in [0.3, 0.4) is 0 Å². The highest BCUT2D eigenvalue weighted by Gasteiger charge is 2.43. The standard InChI is InChI=1S/C15H12BrFN6O5S2/c16-9-5-8(1-2-10(9)17)23-11(6-24)27-19-13(23)12-14(20-28-18-12)29-7-15(3-4-15)21-22-30(25)26/h1-2,5,21-22H,3-4,7H2,(H,25,26)/p-1. The lowest BCUT2D eigenvalue weighted by Crippen LogP contribution is -2.45. The fourth-order valence-electron chi connectivity index (χ4n) is 2.57. The number of oxime groups is 1. The molecule has 2 aliphatic rings. The molecule has 1 saturated carbocycles. The number of benzene rings is 1. The number of nitrogens with zero attached hydrogens (tertiary/aromatic N) is 4. The van der Waals surface area contributed by atoms with Crippen LogP contribution < -0.4 is 15.2 Å². The van der Waals surface area contributed by atoms with E-state index >= 15 is 0 Å². The molecule has 1 fully saturated rings. The molecule has 1 aromatic carbocycles. The highest BCUT2D eigenvalue weighted by molar-refractivity contribution is 9.10. The monoisotopic (exact) mass is 517 g/mol. The quantitative estimate of drug-likeness (QED) is 0.227. The number of thioether (sulfide) groups is 1. The zero-order valence-corrected chi connectivity index (χ0v) is 18.0. The van der Waals surface area contributed by atoms with Crippen molar-refractivity contribution in [3.63, 3.8) is 0 Å². The Kier molecular flexibility index (Phi) is 6.02. The highest BCUT2D eigenvalue weighted by Crippen LogP contribution is 2.40. The number of nitrogens with one attached hydrogen (secondary N) is 2. The molecule has 1 atom stereocenters. The number of rotatable bonds is 8. The van der Waals surface area contributed by atoms with Crippen LogP contribution in [-0.2, 0) is 20.9 Å². The number of halogens is 2. The van der Waals surface area contributed by atoms with Crippen LogP contribution in [0.5, 0.6) is 0 Å². The maximum atomic E-state index is 13.6. The summed E-state index contributed by atoms with van der Waals surface area (Å²) in [5, 5.41) is 11.9. The first-order valence-electron chi connectivity index (χ1n) is 8.25. The van der Waals surface area contributed by atoms with E-state index in [2.05, 4.69) is 41.7 Å². The fourth-order valence-corrected chi connectivity index (χ4v) is 4.36. The van der Waals surface area contributed by atoms with Gasteiger partial charge in [0.15, 0.2) is 16.7 Å². The summed E-state index contributed by atoms with van der Waals surface area (Å²) < 4.78 is 40.0. The second kappa shape index (κ2) is 8.55. The molecule has 2 aromatic rings. The van der Waals surface area contributed by atoms with Crippen molar-refractivity contribution in [3.8, 4) is 0 Å². The van der Waals surface area contributed by atoms with Crippen molar-refractivity contribution in [2.24, 2.45) is 5.16 Å². The van der Waals surface area contributed by atoms with Gasteiger partial charge in [0.2, 0.25) is 5.84 Å². The van der Waals surface area contributed by atoms with E-state index < -0.39 is 22.6 Å². The highest BCUT2D eigenvalue weighted by atomic mass is 79.9. The molecule has 1 unspecified atom stereocenters. The Morgan fingerprint density at radius 1 is 1.43 bits per heavy atom. The minimum absolute atomic E-state index is 0.104. The Morgan fingerprint density at radius 3 is 2.90 bits per heavy atom. The summed E-state index contributed by atoms with van der Waals surface area (Å²) in [5.41, 5.74) is 2.92. The third-order valence-corrected chi connectivity index (χ3v) is 6.41. The first-order chi connectivity index (χ1) is 14.4. The van der Waals surface area contributed by atoms with Crippen LogP contribution in [-0.4, -0.2) is 42.1 Å². The van der Waals surface area contributed by atoms with E-state index in [-0.39, 0.29) is 21.9 Å². The Bertz CT molecular complexity index is 1090. The van der Waals surface area contributed by atoms with Gasteiger partial charge in [0.25, 0.3) is 0 Å². The smallest absolute Gasteiger partial charge is 0.320 e. The maximum absolute atomic E-state index is 13.6. The summed E-state index contributed by atoms with van der Waals surface area (Å²) in [7, 11) is 0. The van der Waals surface area contributed by atoms with Gasteiger partial charge in [-0.1, -0.05) is 16.9 Å². The zero-order chi connectivity index (χ0) is 21.3. The summed E-state index contributed by atoms with van der Waals surface area (Å²) in [6.45, 7) is 0. The van der Waals surface area contributed by atoms with Gasteiger partial charge >= 0.3 is 5.88 Å². The third-order valence-electron chi connectivity index (χ3n) is 4.29. The van der Waals surface area contributed by atoms with Crippen LogP contribution in [0.15, 0.2) is 43.4 Å². The maximum Gasteiger partial charge on any atom is 0.320 e. The second-order valence-electron chi connectivity index (χ2n) is 6.30. The lowest BCUT2D eigenvalue weighted by Gasteiger charge is -2.18. The Morgan fingerprint density at radius 2 is 2.23 bits per heavy atom. The van der Waals surface area contributed by atoms with Crippen LogP contribution in [0.25, 0.3) is 0 Å². The van der Waals surface area contributed by atoms with E-state index in [0.717, 1.165) is 12.8 Å². The molecule has 11 nitrogen and oxygen atoms in total. The summed E-state index contributed by atoms with van der Waals surface area (Å²) >= 11 is 1.93. The van der Waals surface area contributed by atoms with Gasteiger partial charge in [-0.3, -0.25) is 4.21 Å². The predicted octanol–water partition coefficient (Wildman–Crippen LogP) is 1.36. The average molecular weight is 518 g/mol. The van der Waals surface area contributed by atoms with Crippen molar-refractivity contribution >= 4 is 56.4 Å². The van der Waals surface area contributed by atoms with E-state index in [1.807, 2.05) is 0 Å². The minimum Gasteiger partial charge on any atom is -0.759 e. The van der Waals surface area contributed by atoms with Crippen molar-refractivity contribution in [2.75, 3.05) is 10.7 Å². The molecule has 158 valence electrons. The van der Waals surface area contributed by atoms with Crippen LogP contribution in [0.1, 0.15) is 18.5 Å². The minimum atomic E-state index is -2.43. The van der Waals surface area contributed by atoms with Crippen molar-refractivity contribution in [2.45, 2.75) is 23.4 Å². The summed E-state index contributed by atoms with van der Waals surface area (Å²) in [6.07, 6.45) is 1.53. The van der Waals surface area contributed by atoms with Gasteiger partial charge < -0.3 is 9.39 Å². The van der Waals surface area contributed by atoms with Gasteiger partial charge in [-0.15, -0.1) is 0 Å². The number of hydrogen-bond donors (Lipinski definition) is 2. The number of anilines is 1. The Hall–Kier alpha value is -2.13. The van der Waals surface area contributed by atoms with Gasteiger partial charge in [0.1, 0.15) is 5.82 Å². The van der Waals surface area contributed by atoms with Crippen molar-refractivity contribution in [1.82, 2.24) is 20.6 Å². The van der Waals surface area contributed by atoms with Crippen molar-refractivity contribution in [3.05, 3.63) is 40.1 Å². The summed E-state index contributed by atoms with van der Waals surface area (Å²) in [6, 6.07) is 4.08. The molecule has 1 aromatic heterocycles. The van der Waals surface area contributed by atoms with E-state index in [0.29, 0.717) is 16.5 Å². The molecule has 0 bridgehead atoms. The molecular formula is C15H11BrFN6O5S2-. The van der Waals surface area contributed by atoms with Gasteiger partial charge in [-0.2, -0.15) is 4.83 Å². The van der Waals surface area contributed by atoms with E-state index in [9.17, 15) is 17.9 Å². The number of aromatic nitrogens is 2. The molecular weight excluding hydrogens is 507 g/mol. The molecule has 2 heterocycles. The lowest BCUT2D eigenvalue weighted by atomic mass is 10.2. The van der Waals surface area contributed by atoms with Gasteiger partial charge in [0, 0.05) is 22.6 Å². The third kappa shape index (κ3) is 4.32. The number of amidine groups is 1. The number of hydrazine groups is 1. The Labute approximate surface area is 183 Å². The molecule has 4 rings (SSSR count). The van der Waals surface area contributed by atoms with Gasteiger partial charge in [-0.25, -0.2) is 24.1 Å². The number of hydrogen-bond acceptors (Lipinski definition) is 11. The number of carbonyl (C=O) groups excluding carboxylic acids is 1. The van der Waals surface area contributed by atoms with E-state index in [1.54, 1.807) is 5.94 Å². The predicted molar refractivity (Wildman–Crippen MR) is 106 cm³/mol. The molecule has 2 N–H and O–H groups in total. The SMILES string of the molecule is O=C=C1ON=C(c2nonc2SCC2(NNS(=O)[O-])CC2)N1c1ccc(F)c(Br)c1. The topological polar surface area (TPSA) is 145 Å².